The summed E-state index contributed by atoms with van der Waals surface area (Å²) in [5.41, 5.74) is 1.32. The van der Waals surface area contributed by atoms with E-state index in [2.05, 4.69) is 21.7 Å². The van der Waals surface area contributed by atoms with Crippen molar-refractivity contribution in [3.63, 3.8) is 0 Å². The minimum absolute atomic E-state index is 0.144. The van der Waals surface area contributed by atoms with Gasteiger partial charge in [0.25, 0.3) is 0 Å². The Morgan fingerprint density at radius 1 is 1.40 bits per heavy atom. The molecule has 0 bridgehead atoms. The lowest BCUT2D eigenvalue weighted by Gasteiger charge is -2.35. The maximum atomic E-state index is 12.8. The SMILES string of the molecule is CNCC1CCN(C(=O)C2CCCc3sccc32)CC1. The van der Waals surface area contributed by atoms with Gasteiger partial charge in [-0.15, -0.1) is 11.3 Å². The average molecular weight is 292 g/mol. The number of amides is 1. The van der Waals surface area contributed by atoms with Gasteiger partial charge in [0.05, 0.1) is 5.92 Å². The molecule has 1 aromatic heterocycles. The summed E-state index contributed by atoms with van der Waals surface area (Å²) in [6, 6.07) is 2.18. The Balaban J connectivity index is 1.64. The summed E-state index contributed by atoms with van der Waals surface area (Å²) in [7, 11) is 2.01. The summed E-state index contributed by atoms with van der Waals surface area (Å²) in [6.45, 7) is 2.97. The number of carbonyl (C=O) groups is 1. The minimum Gasteiger partial charge on any atom is -0.342 e. The summed E-state index contributed by atoms with van der Waals surface area (Å²) in [5.74, 6) is 1.27. The smallest absolute Gasteiger partial charge is 0.230 e. The molecule has 4 heteroatoms. The first kappa shape index (κ1) is 14.1. The molecule has 20 heavy (non-hydrogen) atoms. The topological polar surface area (TPSA) is 32.3 Å². The monoisotopic (exact) mass is 292 g/mol. The predicted octanol–water partition coefficient (Wildman–Crippen LogP) is 2.63. The number of piperidine rings is 1. The number of aryl methyl sites for hydroxylation is 1. The van der Waals surface area contributed by atoms with E-state index in [1.165, 1.54) is 23.3 Å². The van der Waals surface area contributed by atoms with Gasteiger partial charge in [0.2, 0.25) is 5.91 Å². The lowest BCUT2D eigenvalue weighted by Crippen LogP contribution is -2.43. The molecule has 3 rings (SSSR count). The third-order valence-electron chi connectivity index (χ3n) is 4.77. The Morgan fingerprint density at radius 2 is 2.20 bits per heavy atom. The van der Waals surface area contributed by atoms with Gasteiger partial charge in [-0.05, 0) is 68.6 Å². The van der Waals surface area contributed by atoms with Gasteiger partial charge < -0.3 is 10.2 Å². The van der Waals surface area contributed by atoms with Gasteiger partial charge in [-0.2, -0.15) is 0 Å². The highest BCUT2D eigenvalue weighted by atomic mass is 32.1. The Morgan fingerprint density at radius 3 is 2.95 bits per heavy atom. The third-order valence-corrected chi connectivity index (χ3v) is 5.77. The Hall–Kier alpha value is -0.870. The van der Waals surface area contributed by atoms with Crippen LogP contribution in [0.3, 0.4) is 0 Å². The molecule has 1 aliphatic heterocycles. The Labute approximate surface area is 125 Å². The zero-order valence-electron chi connectivity index (χ0n) is 12.2. The average Bonchev–Trinajstić information content (AvgIpc) is 2.96. The third kappa shape index (κ3) is 2.77. The van der Waals surface area contributed by atoms with Crippen LogP contribution in [0, 0.1) is 5.92 Å². The van der Waals surface area contributed by atoms with Crippen LogP contribution in [-0.2, 0) is 11.2 Å². The van der Waals surface area contributed by atoms with Gasteiger partial charge in [0, 0.05) is 18.0 Å². The number of nitrogens with one attached hydrogen (secondary N) is 1. The number of thiophene rings is 1. The quantitative estimate of drug-likeness (QED) is 0.929. The molecule has 2 aliphatic rings. The summed E-state index contributed by atoms with van der Waals surface area (Å²) < 4.78 is 0. The van der Waals surface area contributed by atoms with Crippen molar-refractivity contribution in [3.05, 3.63) is 21.9 Å². The number of carbonyl (C=O) groups excluding carboxylic acids is 1. The number of nitrogens with zero attached hydrogens (tertiary/aromatic N) is 1. The predicted molar refractivity (Wildman–Crippen MR) is 83.2 cm³/mol. The van der Waals surface area contributed by atoms with Crippen molar-refractivity contribution < 1.29 is 4.79 Å². The minimum atomic E-state index is 0.144. The van der Waals surface area contributed by atoms with E-state index in [4.69, 9.17) is 0 Å². The molecule has 1 unspecified atom stereocenters. The molecule has 3 nitrogen and oxygen atoms in total. The van der Waals surface area contributed by atoms with Crippen LogP contribution >= 0.6 is 11.3 Å². The molecular formula is C16H24N2OS. The summed E-state index contributed by atoms with van der Waals surface area (Å²) >= 11 is 1.82. The molecule has 2 heterocycles. The van der Waals surface area contributed by atoms with Crippen molar-refractivity contribution in [1.82, 2.24) is 10.2 Å². The number of rotatable bonds is 3. The van der Waals surface area contributed by atoms with Crippen LogP contribution in [0.1, 0.15) is 42.0 Å². The van der Waals surface area contributed by atoms with Crippen LogP contribution in [0.5, 0.6) is 0 Å². The van der Waals surface area contributed by atoms with Crippen LogP contribution in [0.25, 0.3) is 0 Å². The molecule has 1 fully saturated rings. The highest BCUT2D eigenvalue weighted by molar-refractivity contribution is 7.10. The fraction of sp³-hybridized carbons (Fsp3) is 0.688. The molecular weight excluding hydrogens is 268 g/mol. The number of hydrogen-bond acceptors (Lipinski definition) is 3. The maximum absolute atomic E-state index is 12.8. The fourth-order valence-electron chi connectivity index (χ4n) is 3.61. The molecule has 1 aliphatic carbocycles. The molecule has 0 aromatic carbocycles. The lowest BCUT2D eigenvalue weighted by atomic mass is 9.86. The van der Waals surface area contributed by atoms with E-state index in [0.717, 1.165) is 44.8 Å². The molecule has 110 valence electrons. The molecule has 1 atom stereocenters. The molecule has 1 aromatic rings. The molecule has 1 N–H and O–H groups in total. The van der Waals surface area contributed by atoms with Crippen molar-refractivity contribution in [2.75, 3.05) is 26.7 Å². The summed E-state index contributed by atoms with van der Waals surface area (Å²) in [4.78, 5) is 16.4. The van der Waals surface area contributed by atoms with E-state index in [-0.39, 0.29) is 5.92 Å². The molecule has 0 radical (unpaired) electrons. The van der Waals surface area contributed by atoms with Crippen molar-refractivity contribution in [2.24, 2.45) is 5.92 Å². The lowest BCUT2D eigenvalue weighted by molar-refractivity contribution is -0.134. The molecule has 0 spiro atoms. The molecule has 1 amide bonds. The Bertz CT molecular complexity index is 463. The van der Waals surface area contributed by atoms with Crippen LogP contribution in [0.2, 0.25) is 0 Å². The highest BCUT2D eigenvalue weighted by Gasteiger charge is 2.32. The maximum Gasteiger partial charge on any atom is 0.230 e. The van der Waals surface area contributed by atoms with E-state index >= 15 is 0 Å². The molecule has 1 saturated heterocycles. The normalized spacial score (nSPS) is 23.6. The van der Waals surface area contributed by atoms with E-state index in [0.29, 0.717) is 5.91 Å². The summed E-state index contributed by atoms with van der Waals surface area (Å²) in [6.07, 6.45) is 5.67. The zero-order chi connectivity index (χ0) is 13.9. The van der Waals surface area contributed by atoms with Crippen molar-refractivity contribution in [1.29, 1.82) is 0 Å². The number of likely N-dealkylation sites (tertiary alicyclic amines) is 1. The highest BCUT2D eigenvalue weighted by Crippen LogP contribution is 2.36. The van der Waals surface area contributed by atoms with Gasteiger partial charge in [-0.25, -0.2) is 0 Å². The first-order valence-corrected chi connectivity index (χ1v) is 8.67. The van der Waals surface area contributed by atoms with Crippen LogP contribution in [0.15, 0.2) is 11.4 Å². The van der Waals surface area contributed by atoms with Crippen LogP contribution in [-0.4, -0.2) is 37.5 Å². The Kier molecular flexibility index (Phi) is 4.41. The summed E-state index contributed by atoms with van der Waals surface area (Å²) in [5, 5.41) is 5.40. The second-order valence-electron chi connectivity index (χ2n) is 6.07. The largest absolute Gasteiger partial charge is 0.342 e. The first-order valence-electron chi connectivity index (χ1n) is 7.79. The number of fused-ring (bicyclic) bond motifs is 1. The van der Waals surface area contributed by atoms with Gasteiger partial charge in [0.1, 0.15) is 0 Å². The van der Waals surface area contributed by atoms with E-state index in [1.807, 2.05) is 18.4 Å². The fourth-order valence-corrected chi connectivity index (χ4v) is 4.60. The standard InChI is InChI=1S/C16H24N2OS/c1-17-11-12-5-8-18(9-6-12)16(19)14-3-2-4-15-13(14)7-10-20-15/h7,10,12,14,17H,2-6,8-9,11H2,1H3. The van der Waals surface area contributed by atoms with Crippen LogP contribution in [0.4, 0.5) is 0 Å². The molecule has 0 saturated carbocycles. The second kappa shape index (κ2) is 6.27. The number of hydrogen-bond donors (Lipinski definition) is 1. The van der Waals surface area contributed by atoms with E-state index in [1.54, 1.807) is 0 Å². The van der Waals surface area contributed by atoms with E-state index in [9.17, 15) is 4.79 Å². The van der Waals surface area contributed by atoms with Gasteiger partial charge >= 0.3 is 0 Å². The van der Waals surface area contributed by atoms with Gasteiger partial charge in [-0.3, -0.25) is 4.79 Å². The first-order chi connectivity index (χ1) is 9.79. The second-order valence-corrected chi connectivity index (χ2v) is 7.07. The van der Waals surface area contributed by atoms with Crippen molar-refractivity contribution in [2.45, 2.75) is 38.0 Å². The van der Waals surface area contributed by atoms with Gasteiger partial charge in [0.15, 0.2) is 0 Å². The van der Waals surface area contributed by atoms with Crippen LogP contribution < -0.4 is 5.32 Å². The van der Waals surface area contributed by atoms with E-state index < -0.39 is 0 Å². The van der Waals surface area contributed by atoms with Crippen molar-refractivity contribution >= 4 is 17.2 Å². The van der Waals surface area contributed by atoms with Gasteiger partial charge in [-0.1, -0.05) is 0 Å². The zero-order valence-corrected chi connectivity index (χ0v) is 13.0. The van der Waals surface area contributed by atoms with Crippen molar-refractivity contribution in [3.8, 4) is 0 Å².